The van der Waals surface area contributed by atoms with Gasteiger partial charge in [-0.05, 0) is 73.5 Å². The number of likely N-dealkylation sites (tertiary alicyclic amines) is 1. The van der Waals surface area contributed by atoms with E-state index >= 15 is 0 Å². The predicted octanol–water partition coefficient (Wildman–Crippen LogP) is 8.09. The van der Waals surface area contributed by atoms with Crippen LogP contribution in [0.4, 0.5) is 0 Å². The lowest BCUT2D eigenvalue weighted by molar-refractivity contribution is -0.0280. The third-order valence-corrected chi connectivity index (χ3v) is 15.8. The Bertz CT molecular complexity index is 774. The number of nitrogens with zero attached hydrogens (tertiary/aromatic N) is 1. The summed E-state index contributed by atoms with van der Waals surface area (Å²) in [4.78, 5) is 2.79. The van der Waals surface area contributed by atoms with Crippen molar-refractivity contribution in [3.05, 3.63) is 34.9 Å². The summed E-state index contributed by atoms with van der Waals surface area (Å²) < 4.78 is 19.0. The van der Waals surface area contributed by atoms with Gasteiger partial charge < -0.3 is 13.9 Å². The third-order valence-electron chi connectivity index (χ3n) is 9.43. The topological polar surface area (TPSA) is 30.9 Å². The lowest BCUT2D eigenvalue weighted by Gasteiger charge is -2.51. The second-order valence-corrected chi connectivity index (χ2v) is 18.4. The van der Waals surface area contributed by atoms with Gasteiger partial charge in [0.05, 0.1) is 19.8 Å². The molecule has 3 rings (SSSR count). The maximum atomic E-state index is 7.25. The molecule has 1 saturated heterocycles. The Morgan fingerprint density at radius 3 is 2.08 bits per heavy atom. The molecule has 1 aromatic rings. The smallest absolute Gasteiger partial charge is 0.200 e. The Morgan fingerprint density at radius 2 is 1.54 bits per heavy atom. The standard InChI is InChI=1S/C31H54ClNO3Si/c1-8-34-19-20-35-21-27-11-9-18-33(23-31(16-10-17-31)28-12-14-29(32)15-13-28)30(27)22-36-37(24(2)3,25(4)5)26(6)7/h12-15,24-27,30H,8-11,16-23H2,1-7H3. The summed E-state index contributed by atoms with van der Waals surface area (Å²) >= 11 is 6.25. The molecule has 37 heavy (non-hydrogen) atoms. The molecule has 0 aromatic heterocycles. The maximum Gasteiger partial charge on any atom is 0.200 e. The molecule has 4 nitrogen and oxygen atoms in total. The van der Waals surface area contributed by atoms with Gasteiger partial charge in [-0.2, -0.15) is 0 Å². The van der Waals surface area contributed by atoms with Crippen LogP contribution in [0.2, 0.25) is 21.6 Å². The van der Waals surface area contributed by atoms with Crippen LogP contribution < -0.4 is 0 Å². The van der Waals surface area contributed by atoms with Gasteiger partial charge in [-0.3, -0.25) is 4.90 Å². The molecule has 0 spiro atoms. The van der Waals surface area contributed by atoms with Crippen molar-refractivity contribution >= 4 is 19.9 Å². The number of ether oxygens (including phenoxy) is 2. The molecule has 0 radical (unpaired) electrons. The van der Waals surface area contributed by atoms with Gasteiger partial charge in [-0.1, -0.05) is 71.7 Å². The first-order valence-electron chi connectivity index (χ1n) is 15.0. The van der Waals surface area contributed by atoms with Crippen LogP contribution in [0.25, 0.3) is 0 Å². The summed E-state index contributed by atoms with van der Waals surface area (Å²) in [6, 6.07) is 9.06. The fourth-order valence-electron chi connectivity index (χ4n) is 7.41. The van der Waals surface area contributed by atoms with Crippen LogP contribution in [-0.2, 0) is 19.3 Å². The summed E-state index contributed by atoms with van der Waals surface area (Å²) in [6.07, 6.45) is 6.28. The Labute approximate surface area is 233 Å². The molecule has 6 heteroatoms. The van der Waals surface area contributed by atoms with E-state index in [4.69, 9.17) is 25.5 Å². The minimum absolute atomic E-state index is 0.239. The van der Waals surface area contributed by atoms with Gasteiger partial charge in [0, 0.05) is 42.2 Å². The van der Waals surface area contributed by atoms with Crippen molar-refractivity contribution in [2.45, 2.75) is 109 Å². The lowest BCUT2D eigenvalue weighted by atomic mass is 9.63. The highest BCUT2D eigenvalue weighted by molar-refractivity contribution is 6.77. The first-order valence-corrected chi connectivity index (χ1v) is 17.5. The SMILES string of the molecule is CCOCCOCC1CCCN(CC2(c3ccc(Cl)cc3)CCC2)C1CO[Si](C(C)C)(C(C)C)C(C)C. The van der Waals surface area contributed by atoms with Crippen molar-refractivity contribution in [1.29, 1.82) is 0 Å². The van der Waals surface area contributed by atoms with E-state index in [0.717, 1.165) is 37.9 Å². The van der Waals surface area contributed by atoms with Gasteiger partial charge >= 0.3 is 0 Å². The number of halogens is 1. The van der Waals surface area contributed by atoms with E-state index in [1.807, 2.05) is 6.92 Å². The zero-order valence-corrected chi connectivity index (χ0v) is 26.5. The van der Waals surface area contributed by atoms with E-state index in [1.54, 1.807) is 0 Å². The molecule has 2 fully saturated rings. The van der Waals surface area contributed by atoms with Gasteiger partial charge in [0.15, 0.2) is 8.32 Å². The Morgan fingerprint density at radius 1 is 0.919 bits per heavy atom. The molecule has 1 aromatic carbocycles. The van der Waals surface area contributed by atoms with Crippen molar-refractivity contribution in [1.82, 2.24) is 4.90 Å². The van der Waals surface area contributed by atoms with Crippen LogP contribution in [0.15, 0.2) is 24.3 Å². The average molecular weight is 552 g/mol. The average Bonchev–Trinajstić information content (AvgIpc) is 2.82. The van der Waals surface area contributed by atoms with Crippen molar-refractivity contribution < 1.29 is 13.9 Å². The molecule has 2 unspecified atom stereocenters. The zero-order valence-electron chi connectivity index (χ0n) is 24.7. The second kappa shape index (κ2) is 14.3. The van der Waals surface area contributed by atoms with Crippen LogP contribution in [0.3, 0.4) is 0 Å². The zero-order chi connectivity index (χ0) is 27.1. The highest BCUT2D eigenvalue weighted by Crippen LogP contribution is 2.47. The fourth-order valence-corrected chi connectivity index (χ4v) is 13.0. The third kappa shape index (κ3) is 7.40. The number of benzene rings is 1. The molecule has 2 atom stereocenters. The molecule has 1 heterocycles. The minimum Gasteiger partial charge on any atom is -0.414 e. The summed E-state index contributed by atoms with van der Waals surface area (Å²) in [5.74, 6) is 0.496. The van der Waals surface area contributed by atoms with E-state index in [0.29, 0.717) is 41.8 Å². The predicted molar refractivity (Wildman–Crippen MR) is 159 cm³/mol. The molecular weight excluding hydrogens is 498 g/mol. The van der Waals surface area contributed by atoms with Gasteiger partial charge in [-0.25, -0.2) is 0 Å². The van der Waals surface area contributed by atoms with Crippen LogP contribution >= 0.6 is 11.6 Å². The fraction of sp³-hybridized carbons (Fsp3) is 0.806. The number of rotatable bonds is 15. The van der Waals surface area contributed by atoms with Crippen molar-refractivity contribution in [3.63, 3.8) is 0 Å². The monoisotopic (exact) mass is 551 g/mol. The summed E-state index contributed by atoms with van der Waals surface area (Å²) in [5.41, 5.74) is 3.48. The number of hydrogen-bond acceptors (Lipinski definition) is 4. The van der Waals surface area contributed by atoms with E-state index in [1.165, 1.54) is 37.7 Å². The summed E-state index contributed by atoms with van der Waals surface area (Å²) in [6.45, 7) is 22.4. The van der Waals surface area contributed by atoms with Crippen molar-refractivity contribution in [2.75, 3.05) is 46.1 Å². The largest absolute Gasteiger partial charge is 0.414 e. The highest BCUT2D eigenvalue weighted by atomic mass is 35.5. The molecule has 1 saturated carbocycles. The lowest BCUT2D eigenvalue weighted by Crippen LogP contribution is -2.58. The van der Waals surface area contributed by atoms with Gasteiger partial charge in [0.25, 0.3) is 0 Å². The van der Waals surface area contributed by atoms with E-state index in [-0.39, 0.29) is 5.41 Å². The van der Waals surface area contributed by atoms with E-state index in [9.17, 15) is 0 Å². The normalized spacial score (nSPS) is 22.7. The molecular formula is C31H54ClNO3Si. The quantitative estimate of drug-likeness (QED) is 0.163. The van der Waals surface area contributed by atoms with Gasteiger partial charge in [-0.15, -0.1) is 0 Å². The molecule has 0 N–H and O–H groups in total. The molecule has 2 aliphatic rings. The minimum atomic E-state index is -1.94. The number of hydrogen-bond donors (Lipinski definition) is 0. The van der Waals surface area contributed by atoms with E-state index in [2.05, 4.69) is 70.7 Å². The Kier molecular flexibility index (Phi) is 12.0. The van der Waals surface area contributed by atoms with Crippen LogP contribution in [0.1, 0.15) is 86.1 Å². The second-order valence-electron chi connectivity index (χ2n) is 12.5. The van der Waals surface area contributed by atoms with E-state index < -0.39 is 8.32 Å². The molecule has 0 amide bonds. The maximum absolute atomic E-state index is 7.25. The molecule has 0 bridgehead atoms. The van der Waals surface area contributed by atoms with Crippen molar-refractivity contribution in [2.24, 2.45) is 5.92 Å². The van der Waals surface area contributed by atoms with Crippen LogP contribution in [0.5, 0.6) is 0 Å². The summed E-state index contributed by atoms with van der Waals surface area (Å²) in [7, 11) is -1.94. The first kappa shape index (κ1) is 31.1. The van der Waals surface area contributed by atoms with Gasteiger partial charge in [0.2, 0.25) is 0 Å². The number of piperidine rings is 1. The van der Waals surface area contributed by atoms with Crippen LogP contribution in [-0.4, -0.2) is 65.4 Å². The first-order chi connectivity index (χ1) is 17.7. The summed E-state index contributed by atoms with van der Waals surface area (Å²) in [5, 5.41) is 0.823. The molecule has 212 valence electrons. The Hall–Kier alpha value is -0.433. The highest BCUT2D eigenvalue weighted by Gasteiger charge is 2.47. The van der Waals surface area contributed by atoms with Crippen molar-refractivity contribution in [3.8, 4) is 0 Å². The Balaban J connectivity index is 1.82. The van der Waals surface area contributed by atoms with Gasteiger partial charge in [0.1, 0.15) is 0 Å². The van der Waals surface area contributed by atoms with Crippen LogP contribution in [0, 0.1) is 5.92 Å². The molecule has 1 aliphatic heterocycles. The molecule has 1 aliphatic carbocycles.